The van der Waals surface area contributed by atoms with Gasteiger partial charge in [-0.3, -0.25) is 4.79 Å². The molecule has 1 atom stereocenters. The Morgan fingerprint density at radius 2 is 2.00 bits per heavy atom. The van der Waals surface area contributed by atoms with Gasteiger partial charge >= 0.3 is 0 Å². The van der Waals surface area contributed by atoms with Crippen LogP contribution in [0.3, 0.4) is 0 Å². The number of amides is 1. The predicted molar refractivity (Wildman–Crippen MR) is 98.9 cm³/mol. The van der Waals surface area contributed by atoms with Gasteiger partial charge in [-0.05, 0) is 54.0 Å². The molecule has 0 aromatic heterocycles. The van der Waals surface area contributed by atoms with Crippen LogP contribution in [0.1, 0.15) is 23.1 Å². The lowest BCUT2D eigenvalue weighted by atomic mass is 9.96. The van der Waals surface area contributed by atoms with Crippen molar-refractivity contribution in [3.63, 3.8) is 0 Å². The fourth-order valence-electron chi connectivity index (χ4n) is 3.03. The van der Waals surface area contributed by atoms with Gasteiger partial charge in [-0.1, -0.05) is 36.4 Å². The lowest BCUT2D eigenvalue weighted by molar-refractivity contribution is -0.117. The van der Waals surface area contributed by atoms with E-state index in [2.05, 4.69) is 5.32 Å². The highest BCUT2D eigenvalue weighted by Gasteiger charge is 2.36. The van der Waals surface area contributed by atoms with E-state index in [9.17, 15) is 9.90 Å². The minimum Gasteiger partial charge on any atom is -0.383 e. The molecule has 24 heavy (non-hydrogen) atoms. The highest BCUT2D eigenvalue weighted by Crippen LogP contribution is 2.36. The molecule has 1 aliphatic rings. The van der Waals surface area contributed by atoms with E-state index in [0.717, 1.165) is 17.5 Å². The summed E-state index contributed by atoms with van der Waals surface area (Å²) in [7, 11) is 0. The van der Waals surface area contributed by atoms with E-state index in [0.29, 0.717) is 6.42 Å². The highest BCUT2D eigenvalue weighted by molar-refractivity contribution is 7.98. The summed E-state index contributed by atoms with van der Waals surface area (Å²) in [6.07, 6.45) is 6.82. The zero-order chi connectivity index (χ0) is 17.0. The molecule has 3 rings (SSSR count). The molecule has 0 radical (unpaired) electrons. The Hall–Kier alpha value is -2.04. The van der Waals surface area contributed by atoms with Crippen LogP contribution in [0.15, 0.2) is 59.5 Å². The van der Waals surface area contributed by atoms with Crippen LogP contribution >= 0.6 is 11.8 Å². The third-order valence-corrected chi connectivity index (χ3v) is 5.17. The molecule has 0 spiro atoms. The summed E-state index contributed by atoms with van der Waals surface area (Å²) >= 11 is 1.69. The van der Waals surface area contributed by atoms with Crippen molar-refractivity contribution in [3.8, 4) is 0 Å². The normalized spacial score (nSPS) is 19.4. The van der Waals surface area contributed by atoms with Crippen LogP contribution in [0.5, 0.6) is 0 Å². The Morgan fingerprint density at radius 1 is 1.25 bits per heavy atom. The lowest BCUT2D eigenvalue weighted by Crippen LogP contribution is -2.38. The first kappa shape index (κ1) is 16.8. The minimum absolute atomic E-state index is 0.193. The molecule has 2 N–H and O–H groups in total. The molecule has 2 aromatic rings. The summed E-state index contributed by atoms with van der Waals surface area (Å²) in [5.41, 5.74) is 2.12. The number of benzene rings is 2. The molecule has 124 valence electrons. The topological polar surface area (TPSA) is 49.3 Å². The maximum atomic E-state index is 12.0. The molecular weight excluding hydrogens is 318 g/mol. The third kappa shape index (κ3) is 3.71. The van der Waals surface area contributed by atoms with Gasteiger partial charge in [-0.15, -0.1) is 11.8 Å². The average Bonchev–Trinajstić information content (AvgIpc) is 2.96. The van der Waals surface area contributed by atoms with Crippen molar-refractivity contribution in [2.24, 2.45) is 0 Å². The maximum Gasteiger partial charge on any atom is 0.244 e. The van der Waals surface area contributed by atoms with Crippen molar-refractivity contribution in [1.82, 2.24) is 5.32 Å². The Labute approximate surface area is 146 Å². The molecule has 2 aromatic carbocycles. The van der Waals surface area contributed by atoms with E-state index in [1.807, 2.05) is 54.8 Å². The second kappa shape index (κ2) is 7.24. The van der Waals surface area contributed by atoms with Gasteiger partial charge in [-0.2, -0.15) is 0 Å². The first-order chi connectivity index (χ1) is 11.6. The van der Waals surface area contributed by atoms with E-state index in [4.69, 9.17) is 0 Å². The number of nitrogens with one attached hydrogen (secondary N) is 1. The molecule has 0 heterocycles. The largest absolute Gasteiger partial charge is 0.383 e. The number of hydrogen-bond donors (Lipinski definition) is 2. The minimum atomic E-state index is -0.958. The molecule has 3 nitrogen and oxygen atoms in total. The molecule has 0 unspecified atom stereocenters. The fraction of sp³-hybridized carbons (Fsp3) is 0.250. The van der Waals surface area contributed by atoms with Crippen molar-refractivity contribution < 1.29 is 9.90 Å². The molecular formula is C20H21NO2S. The van der Waals surface area contributed by atoms with E-state index in [1.165, 1.54) is 16.5 Å². The number of carbonyl (C=O) groups excluding carboxylic acids is 1. The summed E-state index contributed by atoms with van der Waals surface area (Å²) in [4.78, 5) is 13.2. The van der Waals surface area contributed by atoms with Gasteiger partial charge in [-0.25, -0.2) is 0 Å². The number of hydrogen-bond acceptors (Lipinski definition) is 3. The average molecular weight is 339 g/mol. The highest BCUT2D eigenvalue weighted by atomic mass is 32.2. The molecule has 0 fully saturated rings. The number of rotatable bonds is 5. The number of aryl methyl sites for hydroxylation is 1. The van der Waals surface area contributed by atoms with E-state index in [-0.39, 0.29) is 12.5 Å². The maximum absolute atomic E-state index is 12.0. The molecule has 0 saturated carbocycles. The van der Waals surface area contributed by atoms with E-state index in [1.54, 1.807) is 17.8 Å². The monoisotopic (exact) mass is 339 g/mol. The Kier molecular flexibility index (Phi) is 5.07. The lowest BCUT2D eigenvalue weighted by Gasteiger charge is -2.24. The van der Waals surface area contributed by atoms with Gasteiger partial charge in [0.1, 0.15) is 5.60 Å². The second-order valence-electron chi connectivity index (χ2n) is 6.01. The Balaban J connectivity index is 1.58. The van der Waals surface area contributed by atoms with Crippen LogP contribution in [-0.2, 0) is 16.8 Å². The quantitative estimate of drug-likeness (QED) is 0.649. The zero-order valence-electron chi connectivity index (χ0n) is 13.7. The molecule has 0 aliphatic heterocycles. The molecule has 4 heteroatoms. The summed E-state index contributed by atoms with van der Waals surface area (Å²) in [6.45, 7) is 0.235. The van der Waals surface area contributed by atoms with Crippen molar-refractivity contribution in [2.75, 3.05) is 12.8 Å². The van der Waals surface area contributed by atoms with Crippen molar-refractivity contribution in [2.45, 2.75) is 23.3 Å². The van der Waals surface area contributed by atoms with Crippen LogP contribution in [0.4, 0.5) is 0 Å². The van der Waals surface area contributed by atoms with Crippen molar-refractivity contribution >= 4 is 23.7 Å². The van der Waals surface area contributed by atoms with E-state index < -0.39 is 5.60 Å². The van der Waals surface area contributed by atoms with Crippen LogP contribution in [0, 0.1) is 0 Å². The number of thioether (sulfide) groups is 1. The van der Waals surface area contributed by atoms with Gasteiger partial charge < -0.3 is 10.4 Å². The summed E-state index contributed by atoms with van der Waals surface area (Å²) in [5.74, 6) is -0.193. The molecule has 1 aliphatic carbocycles. The third-order valence-electron chi connectivity index (χ3n) is 4.42. The van der Waals surface area contributed by atoms with Crippen LogP contribution in [-0.4, -0.2) is 23.8 Å². The standard InChI is InChI=1S/C20H21NO2S/c1-24-17-9-6-15(7-10-17)8-11-19(22)21-14-20(23)13-12-16-4-2-3-5-18(16)20/h2-11,23H,12-14H2,1H3,(H,21,22)/b11-8+/t20-/m0/s1. The smallest absolute Gasteiger partial charge is 0.244 e. The molecule has 1 amide bonds. The van der Waals surface area contributed by atoms with Crippen LogP contribution in [0.2, 0.25) is 0 Å². The Morgan fingerprint density at radius 3 is 2.75 bits per heavy atom. The van der Waals surface area contributed by atoms with Gasteiger partial charge in [0.15, 0.2) is 0 Å². The number of aliphatic hydroxyl groups is 1. The summed E-state index contributed by atoms with van der Waals surface area (Å²) < 4.78 is 0. The van der Waals surface area contributed by atoms with Gasteiger partial charge in [0.25, 0.3) is 0 Å². The van der Waals surface area contributed by atoms with Gasteiger partial charge in [0.05, 0.1) is 6.54 Å². The van der Waals surface area contributed by atoms with E-state index >= 15 is 0 Å². The molecule has 0 bridgehead atoms. The summed E-state index contributed by atoms with van der Waals surface area (Å²) in [6, 6.07) is 15.9. The predicted octanol–water partition coefficient (Wildman–Crippen LogP) is 3.37. The first-order valence-electron chi connectivity index (χ1n) is 8.01. The SMILES string of the molecule is CSc1ccc(/C=C/C(=O)NC[C@@]2(O)CCc3ccccc32)cc1. The second-order valence-corrected chi connectivity index (χ2v) is 6.89. The summed E-state index contributed by atoms with van der Waals surface area (Å²) in [5, 5.41) is 13.6. The fourth-order valence-corrected chi connectivity index (χ4v) is 3.44. The number of carbonyl (C=O) groups is 1. The Bertz CT molecular complexity index is 754. The first-order valence-corrected chi connectivity index (χ1v) is 9.24. The molecule has 0 saturated heterocycles. The van der Waals surface area contributed by atoms with Crippen molar-refractivity contribution in [1.29, 1.82) is 0 Å². The van der Waals surface area contributed by atoms with Crippen molar-refractivity contribution in [3.05, 3.63) is 71.3 Å². The van der Waals surface area contributed by atoms with Crippen LogP contribution in [0.25, 0.3) is 6.08 Å². The van der Waals surface area contributed by atoms with Gasteiger partial charge in [0.2, 0.25) is 5.91 Å². The number of fused-ring (bicyclic) bond motifs is 1. The van der Waals surface area contributed by atoms with Gasteiger partial charge in [0, 0.05) is 11.0 Å². The zero-order valence-corrected chi connectivity index (χ0v) is 14.5. The van der Waals surface area contributed by atoms with Crippen LogP contribution < -0.4 is 5.32 Å².